The summed E-state index contributed by atoms with van der Waals surface area (Å²) >= 11 is 0. The number of allylic oxidation sites excluding steroid dienone is 1. The standard InChI is InChI=1S/C12H24OSi/c1-4-5-6-7-10-14(3)11-8-9-12(2)13-14/h4,12H,1,5-11H2,2-3H3. The van der Waals surface area contributed by atoms with Gasteiger partial charge in [0.15, 0.2) is 8.32 Å². The third kappa shape index (κ3) is 3.97. The molecule has 2 heteroatoms. The molecule has 1 nitrogen and oxygen atoms in total. The van der Waals surface area contributed by atoms with Crippen molar-refractivity contribution in [2.45, 2.75) is 63.8 Å². The summed E-state index contributed by atoms with van der Waals surface area (Å²) in [6, 6.07) is 2.73. The fourth-order valence-corrected chi connectivity index (χ4v) is 5.86. The lowest BCUT2D eigenvalue weighted by Crippen LogP contribution is -2.41. The van der Waals surface area contributed by atoms with E-state index < -0.39 is 8.32 Å². The Morgan fingerprint density at radius 3 is 2.93 bits per heavy atom. The van der Waals surface area contributed by atoms with Crippen LogP contribution in [0.3, 0.4) is 0 Å². The molecule has 82 valence electrons. The summed E-state index contributed by atoms with van der Waals surface area (Å²) in [7, 11) is -1.28. The maximum absolute atomic E-state index is 6.17. The molecule has 0 radical (unpaired) electrons. The van der Waals surface area contributed by atoms with Crippen molar-refractivity contribution in [3.8, 4) is 0 Å². The molecule has 0 aromatic heterocycles. The molecule has 2 unspecified atom stereocenters. The second kappa shape index (κ2) is 5.71. The molecule has 0 spiro atoms. The monoisotopic (exact) mass is 212 g/mol. The van der Waals surface area contributed by atoms with E-state index in [1.165, 1.54) is 44.2 Å². The Hall–Kier alpha value is -0.0831. The van der Waals surface area contributed by atoms with Crippen LogP contribution in [0, 0.1) is 0 Å². The van der Waals surface area contributed by atoms with Gasteiger partial charge in [-0.25, -0.2) is 0 Å². The lowest BCUT2D eigenvalue weighted by molar-refractivity contribution is 0.175. The highest BCUT2D eigenvalue weighted by molar-refractivity contribution is 6.72. The molecule has 1 saturated heterocycles. The molecular formula is C12H24OSi. The average molecular weight is 212 g/mol. The minimum Gasteiger partial charge on any atom is -0.414 e. The highest BCUT2D eigenvalue weighted by atomic mass is 28.4. The van der Waals surface area contributed by atoms with Gasteiger partial charge in [-0.15, -0.1) is 6.58 Å². The van der Waals surface area contributed by atoms with E-state index in [9.17, 15) is 0 Å². The maximum atomic E-state index is 6.17. The molecule has 0 saturated carbocycles. The van der Waals surface area contributed by atoms with E-state index in [0.29, 0.717) is 6.10 Å². The van der Waals surface area contributed by atoms with Crippen LogP contribution in [0.4, 0.5) is 0 Å². The van der Waals surface area contributed by atoms with Crippen LogP contribution >= 0.6 is 0 Å². The summed E-state index contributed by atoms with van der Waals surface area (Å²) < 4.78 is 6.17. The van der Waals surface area contributed by atoms with E-state index in [1.54, 1.807) is 0 Å². The van der Waals surface area contributed by atoms with Crippen LogP contribution in [-0.2, 0) is 4.43 Å². The Morgan fingerprint density at radius 1 is 1.50 bits per heavy atom. The number of rotatable bonds is 5. The van der Waals surface area contributed by atoms with Gasteiger partial charge in [0.1, 0.15) is 0 Å². The van der Waals surface area contributed by atoms with Crippen LogP contribution in [0.2, 0.25) is 18.6 Å². The first-order valence-corrected chi connectivity index (χ1v) is 8.77. The average Bonchev–Trinajstić information content (AvgIpc) is 2.12. The van der Waals surface area contributed by atoms with E-state index in [4.69, 9.17) is 4.43 Å². The Bertz CT molecular complexity index is 181. The maximum Gasteiger partial charge on any atom is 0.190 e. The molecule has 0 aliphatic carbocycles. The van der Waals surface area contributed by atoms with Crippen molar-refractivity contribution in [1.82, 2.24) is 0 Å². The highest BCUT2D eigenvalue weighted by Crippen LogP contribution is 2.30. The summed E-state index contributed by atoms with van der Waals surface area (Å²) in [4.78, 5) is 0. The van der Waals surface area contributed by atoms with Gasteiger partial charge < -0.3 is 4.43 Å². The Morgan fingerprint density at radius 2 is 2.29 bits per heavy atom. The smallest absolute Gasteiger partial charge is 0.190 e. The molecule has 0 aromatic carbocycles. The quantitative estimate of drug-likeness (QED) is 0.378. The molecule has 0 amide bonds. The molecule has 1 heterocycles. The van der Waals surface area contributed by atoms with Gasteiger partial charge in [0, 0.05) is 6.10 Å². The second-order valence-electron chi connectivity index (χ2n) is 4.81. The van der Waals surface area contributed by atoms with Gasteiger partial charge in [0.05, 0.1) is 0 Å². The fraction of sp³-hybridized carbons (Fsp3) is 0.833. The first-order chi connectivity index (χ1) is 6.66. The minimum atomic E-state index is -1.28. The van der Waals surface area contributed by atoms with Crippen LogP contribution in [-0.4, -0.2) is 14.4 Å². The van der Waals surface area contributed by atoms with Gasteiger partial charge in [0.2, 0.25) is 0 Å². The SMILES string of the molecule is C=CCCCC[Si]1(C)CCCC(C)O1. The molecule has 0 bridgehead atoms. The van der Waals surface area contributed by atoms with Gasteiger partial charge in [0.25, 0.3) is 0 Å². The van der Waals surface area contributed by atoms with Crippen molar-refractivity contribution in [2.24, 2.45) is 0 Å². The molecule has 0 N–H and O–H groups in total. The van der Waals surface area contributed by atoms with E-state index in [-0.39, 0.29) is 0 Å². The largest absolute Gasteiger partial charge is 0.414 e. The first-order valence-electron chi connectivity index (χ1n) is 5.95. The topological polar surface area (TPSA) is 9.23 Å². The lowest BCUT2D eigenvalue weighted by Gasteiger charge is -2.35. The molecular weight excluding hydrogens is 188 g/mol. The lowest BCUT2D eigenvalue weighted by atomic mass is 10.2. The zero-order chi connectivity index (χ0) is 10.4. The van der Waals surface area contributed by atoms with E-state index >= 15 is 0 Å². The molecule has 0 aromatic rings. The summed E-state index contributed by atoms with van der Waals surface area (Å²) in [6.07, 6.45) is 9.01. The zero-order valence-corrected chi connectivity index (χ0v) is 10.7. The first kappa shape index (κ1) is 12.0. The molecule has 1 rings (SSSR count). The van der Waals surface area contributed by atoms with E-state index in [1.807, 2.05) is 6.08 Å². The fourth-order valence-electron chi connectivity index (χ4n) is 2.34. The van der Waals surface area contributed by atoms with Gasteiger partial charge in [-0.1, -0.05) is 25.3 Å². The Kier molecular flexibility index (Phi) is 4.89. The predicted molar refractivity (Wildman–Crippen MR) is 65.1 cm³/mol. The van der Waals surface area contributed by atoms with Crippen molar-refractivity contribution in [3.05, 3.63) is 12.7 Å². The van der Waals surface area contributed by atoms with Gasteiger partial charge in [-0.2, -0.15) is 0 Å². The number of hydrogen-bond acceptors (Lipinski definition) is 1. The third-order valence-corrected chi connectivity index (χ3v) is 6.96. The van der Waals surface area contributed by atoms with Crippen LogP contribution in [0.15, 0.2) is 12.7 Å². The van der Waals surface area contributed by atoms with E-state index in [0.717, 1.165) is 0 Å². The van der Waals surface area contributed by atoms with Crippen molar-refractivity contribution in [3.63, 3.8) is 0 Å². The summed E-state index contributed by atoms with van der Waals surface area (Å²) in [5.74, 6) is 0. The zero-order valence-electron chi connectivity index (χ0n) is 9.72. The normalized spacial score (nSPS) is 32.9. The highest BCUT2D eigenvalue weighted by Gasteiger charge is 2.33. The minimum absolute atomic E-state index is 0.528. The van der Waals surface area contributed by atoms with E-state index in [2.05, 4.69) is 20.0 Å². The van der Waals surface area contributed by atoms with Crippen molar-refractivity contribution in [2.75, 3.05) is 0 Å². The summed E-state index contributed by atoms with van der Waals surface area (Å²) in [5, 5.41) is 0. The predicted octanol–water partition coefficient (Wildman–Crippen LogP) is 4.12. The third-order valence-electron chi connectivity index (χ3n) is 3.17. The van der Waals surface area contributed by atoms with Crippen LogP contribution in [0.25, 0.3) is 0 Å². The molecule has 14 heavy (non-hydrogen) atoms. The number of hydrogen-bond donors (Lipinski definition) is 0. The molecule has 1 fully saturated rings. The van der Waals surface area contributed by atoms with Crippen LogP contribution < -0.4 is 0 Å². The van der Waals surface area contributed by atoms with Gasteiger partial charge in [-0.3, -0.25) is 0 Å². The molecule has 1 aliphatic heterocycles. The Labute approximate surface area is 89.7 Å². The van der Waals surface area contributed by atoms with Crippen LogP contribution in [0.5, 0.6) is 0 Å². The summed E-state index contributed by atoms with van der Waals surface area (Å²) in [6.45, 7) is 8.40. The molecule has 1 aliphatic rings. The Balaban J connectivity index is 2.22. The summed E-state index contributed by atoms with van der Waals surface area (Å²) in [5.41, 5.74) is 0. The van der Waals surface area contributed by atoms with Crippen molar-refractivity contribution in [1.29, 1.82) is 0 Å². The van der Waals surface area contributed by atoms with Crippen LogP contribution in [0.1, 0.15) is 39.0 Å². The van der Waals surface area contributed by atoms with Gasteiger partial charge in [-0.05, 0) is 38.4 Å². The molecule has 2 atom stereocenters. The van der Waals surface area contributed by atoms with Crippen molar-refractivity contribution >= 4 is 8.32 Å². The number of unbranched alkanes of at least 4 members (excludes halogenated alkanes) is 2. The van der Waals surface area contributed by atoms with Crippen molar-refractivity contribution < 1.29 is 4.43 Å². The van der Waals surface area contributed by atoms with Gasteiger partial charge >= 0.3 is 0 Å². The second-order valence-corrected chi connectivity index (χ2v) is 8.94.